The molecule has 0 aromatic heterocycles. The normalized spacial score (nSPS) is 22.3. The van der Waals surface area contributed by atoms with Gasteiger partial charge in [0.15, 0.2) is 0 Å². The number of rotatable bonds is 2. The lowest BCUT2D eigenvalue weighted by molar-refractivity contribution is 0.0751. The van der Waals surface area contributed by atoms with E-state index in [9.17, 15) is 0 Å². The van der Waals surface area contributed by atoms with Crippen molar-refractivity contribution in [3.63, 3.8) is 0 Å². The molecule has 1 aliphatic rings. The highest BCUT2D eigenvalue weighted by atomic mass is 16.5. The summed E-state index contributed by atoms with van der Waals surface area (Å²) in [6.45, 7) is 1.80. The lowest BCUT2D eigenvalue weighted by Gasteiger charge is -2.22. The summed E-state index contributed by atoms with van der Waals surface area (Å²) < 4.78 is 5.18. The Bertz CT molecular complexity index is 68.7. The molecular weight excluding hydrogens is 116 g/mol. The molecule has 1 rings (SSSR count). The van der Waals surface area contributed by atoms with Crippen molar-refractivity contribution < 1.29 is 4.74 Å². The molecule has 0 aromatic carbocycles. The van der Waals surface area contributed by atoms with Crippen molar-refractivity contribution >= 4 is 0 Å². The molecule has 0 unspecified atom stereocenters. The lowest BCUT2D eigenvalue weighted by Crippen LogP contribution is -2.41. The van der Waals surface area contributed by atoms with Crippen LogP contribution in [0.25, 0.3) is 0 Å². The topological polar surface area (TPSA) is 33.3 Å². The molecule has 0 atom stereocenters. The number of nitrogens with one attached hydrogen (secondary N) is 2. The molecule has 9 heavy (non-hydrogen) atoms. The molecule has 1 aliphatic heterocycles. The van der Waals surface area contributed by atoms with E-state index in [0.717, 1.165) is 26.1 Å². The fourth-order valence-electron chi connectivity index (χ4n) is 1.05. The van der Waals surface area contributed by atoms with Crippen LogP contribution in [0.3, 0.4) is 0 Å². The van der Waals surface area contributed by atoms with E-state index in [0.29, 0.717) is 6.04 Å². The summed E-state index contributed by atoms with van der Waals surface area (Å²) in [5.74, 6) is 0. The van der Waals surface area contributed by atoms with Crippen LogP contribution in [-0.2, 0) is 4.74 Å². The molecule has 0 aromatic rings. The highest BCUT2D eigenvalue weighted by Crippen LogP contribution is 2.04. The van der Waals surface area contributed by atoms with Gasteiger partial charge >= 0.3 is 0 Å². The second-order valence-corrected chi connectivity index (χ2v) is 2.28. The minimum absolute atomic E-state index is 0.615. The highest BCUT2D eigenvalue weighted by molar-refractivity contribution is 4.66. The first-order chi connectivity index (χ1) is 4.43. The Labute approximate surface area is 55.7 Å². The quantitative estimate of drug-likeness (QED) is 0.512. The maximum atomic E-state index is 5.18. The first kappa shape index (κ1) is 6.99. The van der Waals surface area contributed by atoms with E-state index in [1.54, 1.807) is 0 Å². The van der Waals surface area contributed by atoms with Crippen LogP contribution >= 0.6 is 0 Å². The molecule has 54 valence electrons. The van der Waals surface area contributed by atoms with Gasteiger partial charge in [0.1, 0.15) is 0 Å². The van der Waals surface area contributed by atoms with Crippen LogP contribution in [-0.4, -0.2) is 26.3 Å². The standard InChI is InChI=1S/C6H14N2O/c1-7-8-6-2-4-9-5-3-6/h6-8H,2-5H2,1H3. The van der Waals surface area contributed by atoms with Gasteiger partial charge in [0, 0.05) is 19.3 Å². The molecule has 0 saturated carbocycles. The maximum absolute atomic E-state index is 5.18. The largest absolute Gasteiger partial charge is 0.381 e. The smallest absolute Gasteiger partial charge is 0.0481 e. The fourth-order valence-corrected chi connectivity index (χ4v) is 1.05. The molecule has 0 radical (unpaired) electrons. The van der Waals surface area contributed by atoms with Gasteiger partial charge in [-0.15, -0.1) is 0 Å². The van der Waals surface area contributed by atoms with Gasteiger partial charge in [-0.25, -0.2) is 0 Å². The first-order valence-electron chi connectivity index (χ1n) is 3.43. The van der Waals surface area contributed by atoms with Gasteiger partial charge < -0.3 is 4.74 Å². The lowest BCUT2D eigenvalue weighted by atomic mass is 10.1. The molecule has 0 bridgehead atoms. The van der Waals surface area contributed by atoms with E-state index in [2.05, 4.69) is 10.9 Å². The Kier molecular flexibility index (Phi) is 2.97. The Morgan fingerprint density at radius 3 is 2.56 bits per heavy atom. The van der Waals surface area contributed by atoms with Gasteiger partial charge in [-0.3, -0.25) is 10.9 Å². The van der Waals surface area contributed by atoms with Crippen molar-refractivity contribution in [1.82, 2.24) is 10.9 Å². The molecule has 0 aliphatic carbocycles. The zero-order valence-electron chi connectivity index (χ0n) is 5.81. The molecular formula is C6H14N2O. The van der Waals surface area contributed by atoms with Gasteiger partial charge in [0.25, 0.3) is 0 Å². The summed E-state index contributed by atoms with van der Waals surface area (Å²) in [6, 6.07) is 0.615. The molecule has 3 heteroatoms. The van der Waals surface area contributed by atoms with Crippen LogP contribution in [0, 0.1) is 0 Å². The van der Waals surface area contributed by atoms with Gasteiger partial charge in [-0.05, 0) is 19.9 Å². The van der Waals surface area contributed by atoms with E-state index >= 15 is 0 Å². The first-order valence-corrected chi connectivity index (χ1v) is 3.43. The Morgan fingerprint density at radius 1 is 1.33 bits per heavy atom. The van der Waals surface area contributed by atoms with Crippen molar-refractivity contribution in [2.45, 2.75) is 18.9 Å². The van der Waals surface area contributed by atoms with Crippen LogP contribution < -0.4 is 10.9 Å². The summed E-state index contributed by atoms with van der Waals surface area (Å²) in [4.78, 5) is 0. The van der Waals surface area contributed by atoms with Crippen LogP contribution in [0.15, 0.2) is 0 Å². The van der Waals surface area contributed by atoms with Crippen LogP contribution in [0.5, 0.6) is 0 Å². The van der Waals surface area contributed by atoms with Crippen molar-refractivity contribution in [3.05, 3.63) is 0 Å². The monoisotopic (exact) mass is 130 g/mol. The Morgan fingerprint density at radius 2 is 2.00 bits per heavy atom. The predicted molar refractivity (Wildman–Crippen MR) is 36.0 cm³/mol. The molecule has 0 amide bonds. The highest BCUT2D eigenvalue weighted by Gasteiger charge is 2.10. The summed E-state index contributed by atoms with van der Waals surface area (Å²) >= 11 is 0. The predicted octanol–water partition coefficient (Wildman–Crippen LogP) is -0.111. The minimum atomic E-state index is 0.615. The molecule has 3 nitrogen and oxygen atoms in total. The van der Waals surface area contributed by atoms with E-state index in [1.807, 2.05) is 7.05 Å². The van der Waals surface area contributed by atoms with Gasteiger partial charge in [-0.2, -0.15) is 0 Å². The third-order valence-electron chi connectivity index (χ3n) is 1.57. The minimum Gasteiger partial charge on any atom is -0.381 e. The molecule has 0 spiro atoms. The number of hydrazine groups is 1. The Hall–Kier alpha value is -0.120. The van der Waals surface area contributed by atoms with Gasteiger partial charge in [-0.1, -0.05) is 0 Å². The summed E-state index contributed by atoms with van der Waals surface area (Å²) in [5, 5.41) is 0. The van der Waals surface area contributed by atoms with Crippen molar-refractivity contribution in [3.8, 4) is 0 Å². The van der Waals surface area contributed by atoms with E-state index in [1.165, 1.54) is 0 Å². The molecule has 1 saturated heterocycles. The number of ether oxygens (including phenoxy) is 1. The second kappa shape index (κ2) is 3.82. The van der Waals surface area contributed by atoms with Crippen molar-refractivity contribution in [2.75, 3.05) is 20.3 Å². The summed E-state index contributed by atoms with van der Waals surface area (Å²) in [7, 11) is 1.90. The van der Waals surface area contributed by atoms with Gasteiger partial charge in [0.2, 0.25) is 0 Å². The van der Waals surface area contributed by atoms with Crippen LogP contribution in [0.2, 0.25) is 0 Å². The third kappa shape index (κ3) is 2.30. The average molecular weight is 130 g/mol. The van der Waals surface area contributed by atoms with Crippen molar-refractivity contribution in [1.29, 1.82) is 0 Å². The third-order valence-corrected chi connectivity index (χ3v) is 1.57. The zero-order valence-corrected chi connectivity index (χ0v) is 5.81. The SMILES string of the molecule is CNNC1CCOCC1. The zero-order chi connectivity index (χ0) is 6.53. The van der Waals surface area contributed by atoms with Gasteiger partial charge in [0.05, 0.1) is 0 Å². The molecule has 2 N–H and O–H groups in total. The molecule has 1 fully saturated rings. The van der Waals surface area contributed by atoms with E-state index in [4.69, 9.17) is 4.74 Å². The fraction of sp³-hybridized carbons (Fsp3) is 1.00. The number of hydrogen-bond acceptors (Lipinski definition) is 3. The molecule has 1 heterocycles. The number of hydrogen-bond donors (Lipinski definition) is 2. The summed E-state index contributed by atoms with van der Waals surface area (Å²) in [6.07, 6.45) is 2.25. The van der Waals surface area contributed by atoms with Crippen LogP contribution in [0.1, 0.15) is 12.8 Å². The summed E-state index contributed by atoms with van der Waals surface area (Å²) in [5.41, 5.74) is 6.09. The average Bonchev–Trinajstić information content (AvgIpc) is 1.91. The van der Waals surface area contributed by atoms with E-state index < -0.39 is 0 Å². The van der Waals surface area contributed by atoms with E-state index in [-0.39, 0.29) is 0 Å². The Balaban J connectivity index is 2.08. The van der Waals surface area contributed by atoms with Crippen LogP contribution in [0.4, 0.5) is 0 Å². The second-order valence-electron chi connectivity index (χ2n) is 2.28. The maximum Gasteiger partial charge on any atom is 0.0481 e. The van der Waals surface area contributed by atoms with Crippen molar-refractivity contribution in [2.24, 2.45) is 0 Å².